The van der Waals surface area contributed by atoms with Crippen LogP contribution in [0.4, 0.5) is 0 Å². The fourth-order valence-electron chi connectivity index (χ4n) is 1.69. The molecule has 1 aliphatic rings. The highest BCUT2D eigenvalue weighted by Gasteiger charge is 2.15. The van der Waals surface area contributed by atoms with Crippen molar-refractivity contribution in [3.63, 3.8) is 0 Å². The molecule has 1 heterocycles. The smallest absolute Gasteiger partial charge is 0.225 e. The van der Waals surface area contributed by atoms with Crippen molar-refractivity contribution in [1.82, 2.24) is 15.2 Å². The van der Waals surface area contributed by atoms with Crippen molar-refractivity contribution in [3.8, 4) is 0 Å². The third-order valence-corrected chi connectivity index (χ3v) is 2.46. The zero-order chi connectivity index (χ0) is 9.80. The van der Waals surface area contributed by atoms with Crippen LogP contribution in [0.2, 0.25) is 0 Å². The number of H-pyrrole nitrogens is 1. The first kappa shape index (κ1) is 9.12. The van der Waals surface area contributed by atoms with Crippen LogP contribution in [0.25, 0.3) is 0 Å². The molecular weight excluding hydrogens is 178 g/mol. The van der Waals surface area contributed by atoms with Gasteiger partial charge in [0.15, 0.2) is 5.82 Å². The second-order valence-corrected chi connectivity index (χ2v) is 3.49. The number of nitrogens with zero attached hydrogens (tertiary/aromatic N) is 2. The van der Waals surface area contributed by atoms with Crippen LogP contribution in [-0.4, -0.2) is 21.0 Å². The monoisotopic (exact) mass is 191 g/mol. The SMILES string of the molecule is O=C(C1=CCCCCC1)c1ncn[nH]1. The molecule has 0 atom stereocenters. The minimum atomic E-state index is 0.00407. The highest BCUT2D eigenvalue weighted by Crippen LogP contribution is 2.19. The van der Waals surface area contributed by atoms with Crippen LogP contribution < -0.4 is 0 Å². The Labute approximate surface area is 82.4 Å². The lowest BCUT2D eigenvalue weighted by Gasteiger charge is -2.00. The molecule has 0 spiro atoms. The second-order valence-electron chi connectivity index (χ2n) is 3.49. The maximum atomic E-state index is 11.8. The number of rotatable bonds is 2. The van der Waals surface area contributed by atoms with E-state index in [0.29, 0.717) is 5.82 Å². The Balaban J connectivity index is 2.14. The molecule has 0 aliphatic heterocycles. The molecule has 1 aromatic rings. The van der Waals surface area contributed by atoms with Crippen LogP contribution in [0.1, 0.15) is 42.7 Å². The molecule has 1 N–H and O–H groups in total. The Morgan fingerprint density at radius 3 is 3.07 bits per heavy atom. The molecule has 0 radical (unpaired) electrons. The first-order valence-electron chi connectivity index (χ1n) is 4.97. The Hall–Kier alpha value is -1.45. The third-order valence-electron chi connectivity index (χ3n) is 2.46. The number of carbonyl (C=O) groups is 1. The molecular formula is C10H13N3O. The molecule has 14 heavy (non-hydrogen) atoms. The van der Waals surface area contributed by atoms with E-state index in [1.807, 2.05) is 6.08 Å². The van der Waals surface area contributed by atoms with Crippen LogP contribution >= 0.6 is 0 Å². The minimum absolute atomic E-state index is 0.00407. The average molecular weight is 191 g/mol. The number of aromatic amines is 1. The second kappa shape index (κ2) is 4.17. The fourth-order valence-corrected chi connectivity index (χ4v) is 1.69. The highest BCUT2D eigenvalue weighted by atomic mass is 16.1. The van der Waals surface area contributed by atoms with Gasteiger partial charge in [-0.25, -0.2) is 4.98 Å². The zero-order valence-electron chi connectivity index (χ0n) is 7.99. The van der Waals surface area contributed by atoms with Gasteiger partial charge in [-0.1, -0.05) is 12.5 Å². The lowest BCUT2D eigenvalue weighted by molar-refractivity contribution is 0.102. The molecule has 0 aromatic carbocycles. The van der Waals surface area contributed by atoms with E-state index in [4.69, 9.17) is 0 Å². The van der Waals surface area contributed by atoms with Crippen molar-refractivity contribution in [3.05, 3.63) is 23.8 Å². The Morgan fingerprint density at radius 2 is 2.29 bits per heavy atom. The molecule has 74 valence electrons. The van der Waals surface area contributed by atoms with Crippen LogP contribution in [0.5, 0.6) is 0 Å². The minimum Gasteiger partial charge on any atom is -0.285 e. The van der Waals surface area contributed by atoms with Crippen LogP contribution in [0.3, 0.4) is 0 Å². The molecule has 1 aromatic heterocycles. The third kappa shape index (κ3) is 1.89. The molecule has 0 saturated carbocycles. The highest BCUT2D eigenvalue weighted by molar-refractivity contribution is 6.05. The number of hydrogen-bond donors (Lipinski definition) is 1. The van der Waals surface area contributed by atoms with Crippen molar-refractivity contribution >= 4 is 5.78 Å². The number of ketones is 1. The Kier molecular flexibility index (Phi) is 2.72. The number of carbonyl (C=O) groups excluding carboxylic acids is 1. The summed E-state index contributed by atoms with van der Waals surface area (Å²) in [6.07, 6.45) is 8.79. The predicted octanol–water partition coefficient (Wildman–Crippen LogP) is 1.88. The van der Waals surface area contributed by atoms with Gasteiger partial charge in [-0.05, 0) is 31.3 Å². The van der Waals surface area contributed by atoms with Gasteiger partial charge >= 0.3 is 0 Å². The van der Waals surface area contributed by atoms with Gasteiger partial charge < -0.3 is 0 Å². The molecule has 2 rings (SSSR count). The van der Waals surface area contributed by atoms with Crippen LogP contribution in [0.15, 0.2) is 18.0 Å². The summed E-state index contributed by atoms with van der Waals surface area (Å²) in [5, 5.41) is 6.28. The summed E-state index contributed by atoms with van der Waals surface area (Å²) in [6, 6.07) is 0. The quantitative estimate of drug-likeness (QED) is 0.726. The van der Waals surface area contributed by atoms with E-state index in [0.717, 1.165) is 24.8 Å². The number of allylic oxidation sites excluding steroid dienone is 2. The van der Waals surface area contributed by atoms with E-state index in [9.17, 15) is 4.79 Å². The number of Topliss-reactive ketones (excluding diaryl/α,β-unsaturated/α-hetero) is 1. The summed E-state index contributed by atoms with van der Waals surface area (Å²) in [5.74, 6) is 0.363. The van der Waals surface area contributed by atoms with Crippen LogP contribution in [-0.2, 0) is 0 Å². The summed E-state index contributed by atoms with van der Waals surface area (Å²) in [4.78, 5) is 15.7. The van der Waals surface area contributed by atoms with Gasteiger partial charge in [0, 0.05) is 0 Å². The molecule has 0 saturated heterocycles. The Bertz CT molecular complexity index is 340. The van der Waals surface area contributed by atoms with Crippen molar-refractivity contribution < 1.29 is 4.79 Å². The van der Waals surface area contributed by atoms with Crippen molar-refractivity contribution in [1.29, 1.82) is 0 Å². The topological polar surface area (TPSA) is 58.6 Å². The van der Waals surface area contributed by atoms with Crippen LogP contribution in [0, 0.1) is 0 Å². The van der Waals surface area contributed by atoms with Gasteiger partial charge in [-0.3, -0.25) is 9.89 Å². The van der Waals surface area contributed by atoms with Crippen molar-refractivity contribution in [2.45, 2.75) is 32.1 Å². The van der Waals surface area contributed by atoms with Gasteiger partial charge in [-0.15, -0.1) is 0 Å². The molecule has 0 fully saturated rings. The maximum Gasteiger partial charge on any atom is 0.225 e. The van der Waals surface area contributed by atoms with E-state index in [-0.39, 0.29) is 5.78 Å². The molecule has 4 heteroatoms. The molecule has 0 unspecified atom stereocenters. The standard InChI is InChI=1S/C10H13N3O/c14-9(10-11-7-12-13-10)8-5-3-1-2-4-6-8/h5,7H,1-4,6H2,(H,11,12,13). The first-order valence-corrected chi connectivity index (χ1v) is 4.97. The van der Waals surface area contributed by atoms with Gasteiger partial charge in [0.25, 0.3) is 0 Å². The summed E-state index contributed by atoms with van der Waals surface area (Å²) in [6.45, 7) is 0. The zero-order valence-corrected chi connectivity index (χ0v) is 7.99. The molecule has 0 bridgehead atoms. The van der Waals surface area contributed by atoms with Crippen molar-refractivity contribution in [2.24, 2.45) is 0 Å². The van der Waals surface area contributed by atoms with E-state index >= 15 is 0 Å². The largest absolute Gasteiger partial charge is 0.285 e. The lowest BCUT2D eigenvalue weighted by Crippen LogP contribution is -2.05. The van der Waals surface area contributed by atoms with Gasteiger partial charge in [-0.2, -0.15) is 5.10 Å². The summed E-state index contributed by atoms with van der Waals surface area (Å²) in [5.41, 5.74) is 0.888. The summed E-state index contributed by atoms with van der Waals surface area (Å²) in [7, 11) is 0. The van der Waals surface area contributed by atoms with Gasteiger partial charge in [0.05, 0.1) is 0 Å². The van der Waals surface area contributed by atoms with Crippen molar-refractivity contribution in [2.75, 3.05) is 0 Å². The van der Waals surface area contributed by atoms with E-state index in [2.05, 4.69) is 15.2 Å². The average Bonchev–Trinajstić information content (AvgIpc) is 2.59. The predicted molar refractivity (Wildman–Crippen MR) is 51.9 cm³/mol. The number of hydrogen-bond acceptors (Lipinski definition) is 3. The van der Waals surface area contributed by atoms with E-state index < -0.39 is 0 Å². The molecule has 4 nitrogen and oxygen atoms in total. The van der Waals surface area contributed by atoms with Gasteiger partial charge in [0.2, 0.25) is 5.78 Å². The summed E-state index contributed by atoms with van der Waals surface area (Å²) >= 11 is 0. The van der Waals surface area contributed by atoms with Gasteiger partial charge in [0.1, 0.15) is 6.33 Å². The summed E-state index contributed by atoms with van der Waals surface area (Å²) < 4.78 is 0. The van der Waals surface area contributed by atoms with E-state index in [1.165, 1.54) is 19.2 Å². The number of nitrogens with one attached hydrogen (secondary N) is 1. The lowest BCUT2D eigenvalue weighted by atomic mass is 10.1. The fraction of sp³-hybridized carbons (Fsp3) is 0.500. The normalized spacial score (nSPS) is 17.3. The Morgan fingerprint density at radius 1 is 1.36 bits per heavy atom. The first-order chi connectivity index (χ1) is 6.88. The number of aromatic nitrogens is 3. The molecule has 1 aliphatic carbocycles. The van der Waals surface area contributed by atoms with E-state index in [1.54, 1.807) is 0 Å². The maximum absolute atomic E-state index is 11.8. The molecule has 0 amide bonds.